The number of benzene rings is 1. The lowest BCUT2D eigenvalue weighted by atomic mass is 9.99. The van der Waals surface area contributed by atoms with Gasteiger partial charge in [-0.3, -0.25) is 0 Å². The zero-order chi connectivity index (χ0) is 17.5. The summed E-state index contributed by atoms with van der Waals surface area (Å²) in [6, 6.07) is 14.7. The van der Waals surface area contributed by atoms with Crippen LogP contribution in [0.5, 0.6) is 0 Å². The Morgan fingerprint density at radius 3 is 2.84 bits per heavy atom. The minimum atomic E-state index is 0.572. The number of likely N-dealkylation sites (tertiary alicyclic amines) is 1. The summed E-state index contributed by atoms with van der Waals surface area (Å²) < 4.78 is 5.41. The molecule has 1 fully saturated rings. The summed E-state index contributed by atoms with van der Waals surface area (Å²) in [7, 11) is 0. The first-order chi connectivity index (χ1) is 12.2. The Balaban J connectivity index is 1.61. The van der Waals surface area contributed by atoms with Crippen molar-refractivity contribution in [2.75, 3.05) is 26.2 Å². The van der Waals surface area contributed by atoms with Gasteiger partial charge in [-0.25, -0.2) is 4.99 Å². The van der Waals surface area contributed by atoms with E-state index in [9.17, 15) is 0 Å². The minimum absolute atomic E-state index is 0.572. The van der Waals surface area contributed by atoms with E-state index >= 15 is 0 Å². The molecule has 4 nitrogen and oxygen atoms in total. The van der Waals surface area contributed by atoms with Crippen molar-refractivity contribution in [1.82, 2.24) is 10.2 Å². The molecule has 2 heterocycles. The first kappa shape index (κ1) is 17.3. The van der Waals surface area contributed by atoms with E-state index in [1.807, 2.05) is 19.1 Å². The predicted octanol–water partition coefficient (Wildman–Crippen LogP) is 3.83. The van der Waals surface area contributed by atoms with Crippen LogP contribution < -0.4 is 5.32 Å². The van der Waals surface area contributed by atoms with Crippen LogP contribution in [-0.4, -0.2) is 37.0 Å². The van der Waals surface area contributed by atoms with Gasteiger partial charge in [0.25, 0.3) is 0 Å². The molecular formula is C21H27N3O. The van der Waals surface area contributed by atoms with E-state index in [-0.39, 0.29) is 0 Å². The van der Waals surface area contributed by atoms with Crippen molar-refractivity contribution in [3.8, 4) is 0 Å². The maximum absolute atomic E-state index is 5.41. The molecule has 0 amide bonds. The fourth-order valence-corrected chi connectivity index (χ4v) is 3.18. The highest BCUT2D eigenvalue weighted by molar-refractivity contribution is 5.80. The standard InChI is InChI=1S/C21H27N3O/c1-17(2)15-23-21(22-12-10-20-9-6-14-25-20)24-13-11-19(16-24)18-7-4-3-5-8-18/h3-9,14,19H,1,10-13,15-16H2,2H3,(H,22,23). The third-order valence-electron chi connectivity index (χ3n) is 4.49. The van der Waals surface area contributed by atoms with Crippen molar-refractivity contribution < 1.29 is 4.42 Å². The molecule has 0 radical (unpaired) electrons. The molecule has 25 heavy (non-hydrogen) atoms. The molecule has 3 rings (SSSR count). The Morgan fingerprint density at radius 1 is 1.28 bits per heavy atom. The SMILES string of the molecule is C=C(C)CN=C(NCCc1ccco1)N1CCC(c2ccccc2)C1. The smallest absolute Gasteiger partial charge is 0.194 e. The average Bonchev–Trinajstić information content (AvgIpc) is 3.30. The lowest BCUT2D eigenvalue weighted by molar-refractivity contribution is 0.476. The number of furan rings is 1. The number of hydrogen-bond acceptors (Lipinski definition) is 2. The molecule has 1 aromatic carbocycles. The van der Waals surface area contributed by atoms with Gasteiger partial charge in [0.15, 0.2) is 5.96 Å². The molecule has 2 aromatic rings. The topological polar surface area (TPSA) is 40.8 Å². The lowest BCUT2D eigenvalue weighted by Crippen LogP contribution is -2.41. The van der Waals surface area contributed by atoms with Gasteiger partial charge in [-0.05, 0) is 31.0 Å². The second kappa shape index (κ2) is 8.56. The van der Waals surface area contributed by atoms with Gasteiger partial charge in [-0.15, -0.1) is 0 Å². The van der Waals surface area contributed by atoms with E-state index < -0.39 is 0 Å². The van der Waals surface area contributed by atoms with Crippen molar-refractivity contribution >= 4 is 5.96 Å². The van der Waals surface area contributed by atoms with Gasteiger partial charge in [-0.1, -0.05) is 42.5 Å². The zero-order valence-corrected chi connectivity index (χ0v) is 14.9. The fourth-order valence-electron chi connectivity index (χ4n) is 3.18. The van der Waals surface area contributed by atoms with Crippen LogP contribution in [0.25, 0.3) is 0 Å². The van der Waals surface area contributed by atoms with Gasteiger partial charge in [0, 0.05) is 32.0 Å². The van der Waals surface area contributed by atoms with E-state index in [0.717, 1.165) is 49.8 Å². The molecule has 1 aromatic heterocycles. The fraction of sp³-hybridized carbons (Fsp3) is 0.381. The molecule has 1 N–H and O–H groups in total. The number of aliphatic imine (C=N–C) groups is 1. The summed E-state index contributed by atoms with van der Waals surface area (Å²) in [5.74, 6) is 2.55. The van der Waals surface area contributed by atoms with Crippen molar-refractivity contribution in [3.63, 3.8) is 0 Å². The van der Waals surface area contributed by atoms with Crippen LogP contribution in [0.1, 0.15) is 30.6 Å². The summed E-state index contributed by atoms with van der Waals surface area (Å²) in [5.41, 5.74) is 2.49. The van der Waals surface area contributed by atoms with Gasteiger partial charge < -0.3 is 14.6 Å². The van der Waals surface area contributed by atoms with Gasteiger partial charge in [0.1, 0.15) is 5.76 Å². The first-order valence-electron chi connectivity index (χ1n) is 8.97. The Hall–Kier alpha value is -2.49. The van der Waals surface area contributed by atoms with Crippen LogP contribution in [-0.2, 0) is 6.42 Å². The molecule has 0 spiro atoms. The van der Waals surface area contributed by atoms with Gasteiger partial charge in [0.2, 0.25) is 0 Å². The molecule has 1 aliphatic heterocycles. The molecule has 1 aliphatic rings. The van der Waals surface area contributed by atoms with Crippen molar-refractivity contribution in [1.29, 1.82) is 0 Å². The Labute approximate surface area is 150 Å². The maximum Gasteiger partial charge on any atom is 0.194 e. The molecule has 4 heteroatoms. The van der Waals surface area contributed by atoms with Crippen LogP contribution >= 0.6 is 0 Å². The van der Waals surface area contributed by atoms with Gasteiger partial charge in [-0.2, -0.15) is 0 Å². The van der Waals surface area contributed by atoms with E-state index in [4.69, 9.17) is 9.41 Å². The lowest BCUT2D eigenvalue weighted by Gasteiger charge is -2.22. The normalized spacial score (nSPS) is 17.7. The van der Waals surface area contributed by atoms with Crippen LogP contribution in [0.2, 0.25) is 0 Å². The third-order valence-corrected chi connectivity index (χ3v) is 4.49. The third kappa shape index (κ3) is 4.99. The van der Waals surface area contributed by atoms with Crippen LogP contribution in [0.3, 0.4) is 0 Å². The van der Waals surface area contributed by atoms with Crippen LogP contribution in [0.4, 0.5) is 0 Å². The maximum atomic E-state index is 5.41. The van der Waals surface area contributed by atoms with Gasteiger partial charge in [0.05, 0.1) is 12.8 Å². The summed E-state index contributed by atoms with van der Waals surface area (Å²) in [6.07, 6.45) is 3.74. The molecular weight excluding hydrogens is 310 g/mol. The summed E-state index contributed by atoms with van der Waals surface area (Å²) in [5, 5.41) is 3.50. The Morgan fingerprint density at radius 2 is 2.12 bits per heavy atom. The molecule has 1 atom stereocenters. The molecule has 0 saturated carbocycles. The van der Waals surface area contributed by atoms with Gasteiger partial charge >= 0.3 is 0 Å². The number of guanidine groups is 1. The molecule has 1 saturated heterocycles. The quantitative estimate of drug-likeness (QED) is 0.495. The van der Waals surface area contributed by atoms with Crippen molar-refractivity contribution in [2.45, 2.75) is 25.7 Å². The van der Waals surface area contributed by atoms with Crippen LogP contribution in [0, 0.1) is 0 Å². The zero-order valence-electron chi connectivity index (χ0n) is 14.9. The van der Waals surface area contributed by atoms with E-state index in [1.54, 1.807) is 6.26 Å². The monoisotopic (exact) mass is 337 g/mol. The van der Waals surface area contributed by atoms with E-state index in [2.05, 4.69) is 47.1 Å². The Bertz CT molecular complexity index is 691. The number of hydrogen-bond donors (Lipinski definition) is 1. The molecule has 1 unspecified atom stereocenters. The highest BCUT2D eigenvalue weighted by Gasteiger charge is 2.26. The largest absolute Gasteiger partial charge is 0.469 e. The van der Waals surface area contributed by atoms with E-state index in [0.29, 0.717) is 12.5 Å². The average molecular weight is 337 g/mol. The first-order valence-corrected chi connectivity index (χ1v) is 8.97. The number of nitrogens with one attached hydrogen (secondary N) is 1. The number of rotatable bonds is 6. The highest BCUT2D eigenvalue weighted by Crippen LogP contribution is 2.26. The molecule has 132 valence electrons. The van der Waals surface area contributed by atoms with Crippen molar-refractivity contribution in [2.24, 2.45) is 4.99 Å². The van der Waals surface area contributed by atoms with Crippen LogP contribution in [0.15, 0.2) is 70.3 Å². The van der Waals surface area contributed by atoms with E-state index in [1.165, 1.54) is 5.56 Å². The summed E-state index contributed by atoms with van der Waals surface area (Å²) in [6.45, 7) is 9.50. The minimum Gasteiger partial charge on any atom is -0.469 e. The van der Waals surface area contributed by atoms with Crippen molar-refractivity contribution in [3.05, 3.63) is 72.2 Å². The summed E-state index contributed by atoms with van der Waals surface area (Å²) in [4.78, 5) is 7.12. The summed E-state index contributed by atoms with van der Waals surface area (Å²) >= 11 is 0. The highest BCUT2D eigenvalue weighted by atomic mass is 16.3. The molecule has 0 bridgehead atoms. The Kier molecular flexibility index (Phi) is 5.94. The second-order valence-corrected chi connectivity index (χ2v) is 6.70. The number of nitrogens with zero attached hydrogens (tertiary/aromatic N) is 2. The second-order valence-electron chi connectivity index (χ2n) is 6.70. The molecule has 0 aliphatic carbocycles. The predicted molar refractivity (Wildman–Crippen MR) is 103 cm³/mol.